The predicted octanol–water partition coefficient (Wildman–Crippen LogP) is 2.84. The van der Waals surface area contributed by atoms with E-state index < -0.39 is 17.6 Å². The minimum absolute atomic E-state index is 0.00748. The minimum Gasteiger partial charge on any atom is -0.353 e. The van der Waals surface area contributed by atoms with E-state index in [0.29, 0.717) is 19.4 Å². The lowest BCUT2D eigenvalue weighted by molar-refractivity contribution is -0.137. The van der Waals surface area contributed by atoms with E-state index in [0.717, 1.165) is 25.0 Å². The van der Waals surface area contributed by atoms with Gasteiger partial charge in [-0.05, 0) is 43.9 Å². The summed E-state index contributed by atoms with van der Waals surface area (Å²) in [7, 11) is 0. The maximum atomic E-state index is 12.8. The van der Waals surface area contributed by atoms with Crippen molar-refractivity contribution in [2.24, 2.45) is 5.92 Å². The second-order valence-corrected chi connectivity index (χ2v) is 6.45. The summed E-state index contributed by atoms with van der Waals surface area (Å²) in [6, 6.07) is 4.68. The van der Waals surface area contributed by atoms with Crippen LogP contribution in [0, 0.1) is 5.92 Å². The smallest absolute Gasteiger partial charge is 0.353 e. The molecule has 1 aromatic rings. The van der Waals surface area contributed by atoms with Crippen LogP contribution >= 0.6 is 0 Å². The fourth-order valence-electron chi connectivity index (χ4n) is 2.93. The Hall–Kier alpha value is -2.05. The highest BCUT2D eigenvalue weighted by Crippen LogP contribution is 2.30. The van der Waals surface area contributed by atoms with E-state index in [1.165, 1.54) is 17.0 Å². The van der Waals surface area contributed by atoms with Crippen molar-refractivity contribution in [3.8, 4) is 0 Å². The SMILES string of the molecule is O=C(NC1CC1)C1CCCN(C(=O)c2cccc(C(F)(F)F)c2)C1. The number of carbonyl (C=O) groups is 2. The highest BCUT2D eigenvalue weighted by atomic mass is 19.4. The molecule has 1 atom stereocenters. The third-order valence-corrected chi connectivity index (χ3v) is 4.44. The predicted molar refractivity (Wildman–Crippen MR) is 81.2 cm³/mol. The van der Waals surface area contributed by atoms with Gasteiger partial charge in [0, 0.05) is 24.7 Å². The summed E-state index contributed by atoms with van der Waals surface area (Å²) in [4.78, 5) is 26.1. The number of hydrogen-bond donors (Lipinski definition) is 1. The number of nitrogens with zero attached hydrogens (tertiary/aromatic N) is 1. The van der Waals surface area contributed by atoms with E-state index in [-0.39, 0.29) is 30.0 Å². The number of nitrogens with one attached hydrogen (secondary N) is 1. The lowest BCUT2D eigenvalue weighted by atomic mass is 9.96. The van der Waals surface area contributed by atoms with Crippen molar-refractivity contribution in [3.63, 3.8) is 0 Å². The standard InChI is InChI=1S/C17H19F3N2O2/c18-17(19,20)13-5-1-3-11(9-13)16(24)22-8-2-4-12(10-22)15(23)21-14-6-7-14/h1,3,5,9,12,14H,2,4,6-8,10H2,(H,21,23). The van der Waals surface area contributed by atoms with Gasteiger partial charge >= 0.3 is 6.18 Å². The molecule has 3 rings (SSSR count). The Bertz CT molecular complexity index is 641. The van der Waals surface area contributed by atoms with E-state index >= 15 is 0 Å². The van der Waals surface area contributed by atoms with E-state index in [1.54, 1.807) is 0 Å². The van der Waals surface area contributed by atoms with Gasteiger partial charge in [-0.2, -0.15) is 13.2 Å². The molecule has 1 heterocycles. The summed E-state index contributed by atoms with van der Waals surface area (Å²) in [6.45, 7) is 0.718. The Morgan fingerprint density at radius 1 is 1.17 bits per heavy atom. The first kappa shape index (κ1) is 16.8. The van der Waals surface area contributed by atoms with E-state index in [9.17, 15) is 22.8 Å². The monoisotopic (exact) mass is 340 g/mol. The van der Waals surface area contributed by atoms with Gasteiger partial charge in [0.1, 0.15) is 0 Å². The molecule has 0 aromatic heterocycles. The summed E-state index contributed by atoms with van der Waals surface area (Å²) in [5, 5.41) is 2.93. The number of hydrogen-bond acceptors (Lipinski definition) is 2. The molecule has 1 aromatic carbocycles. The van der Waals surface area contributed by atoms with Gasteiger partial charge in [0.25, 0.3) is 5.91 Å². The summed E-state index contributed by atoms with van der Waals surface area (Å²) < 4.78 is 38.4. The van der Waals surface area contributed by atoms with Crippen molar-refractivity contribution >= 4 is 11.8 Å². The normalized spacial score (nSPS) is 21.5. The topological polar surface area (TPSA) is 49.4 Å². The first-order valence-electron chi connectivity index (χ1n) is 8.11. The number of alkyl halides is 3. The fourth-order valence-corrected chi connectivity index (χ4v) is 2.93. The highest BCUT2D eigenvalue weighted by Gasteiger charge is 2.34. The Morgan fingerprint density at radius 3 is 2.58 bits per heavy atom. The number of rotatable bonds is 3. The van der Waals surface area contributed by atoms with Gasteiger partial charge in [0.15, 0.2) is 0 Å². The maximum Gasteiger partial charge on any atom is 0.416 e. The van der Waals surface area contributed by atoms with Gasteiger partial charge < -0.3 is 10.2 Å². The van der Waals surface area contributed by atoms with Crippen LogP contribution in [0.15, 0.2) is 24.3 Å². The van der Waals surface area contributed by atoms with Gasteiger partial charge in [-0.3, -0.25) is 9.59 Å². The Balaban J connectivity index is 1.68. The number of benzene rings is 1. The molecule has 2 amide bonds. The van der Waals surface area contributed by atoms with Crippen molar-refractivity contribution < 1.29 is 22.8 Å². The second kappa shape index (κ2) is 6.45. The molecular formula is C17H19F3N2O2. The van der Waals surface area contributed by atoms with Crippen LogP contribution < -0.4 is 5.32 Å². The Morgan fingerprint density at radius 2 is 1.92 bits per heavy atom. The average molecular weight is 340 g/mol. The van der Waals surface area contributed by atoms with E-state index in [1.807, 2.05) is 0 Å². The van der Waals surface area contributed by atoms with Crippen molar-refractivity contribution in [1.82, 2.24) is 10.2 Å². The largest absolute Gasteiger partial charge is 0.416 e. The number of likely N-dealkylation sites (tertiary alicyclic amines) is 1. The zero-order chi connectivity index (χ0) is 17.3. The van der Waals surface area contributed by atoms with E-state index in [4.69, 9.17) is 0 Å². The van der Waals surface area contributed by atoms with Crippen LogP contribution in [0.1, 0.15) is 41.6 Å². The molecule has 0 bridgehead atoms. The van der Waals surface area contributed by atoms with Crippen molar-refractivity contribution in [2.45, 2.75) is 37.9 Å². The Labute approximate surface area is 138 Å². The maximum absolute atomic E-state index is 12.8. The number of piperidine rings is 1. The van der Waals surface area contributed by atoms with Crippen LogP contribution in [-0.4, -0.2) is 35.8 Å². The summed E-state index contributed by atoms with van der Waals surface area (Å²) in [6.07, 6.45) is -1.13. The van der Waals surface area contributed by atoms with Crippen LogP contribution in [0.3, 0.4) is 0 Å². The average Bonchev–Trinajstić information content (AvgIpc) is 3.37. The van der Waals surface area contributed by atoms with Gasteiger partial charge in [0.05, 0.1) is 11.5 Å². The first-order chi connectivity index (χ1) is 11.3. The molecule has 1 aliphatic heterocycles. The first-order valence-corrected chi connectivity index (χ1v) is 8.11. The molecule has 24 heavy (non-hydrogen) atoms. The zero-order valence-electron chi connectivity index (χ0n) is 13.1. The molecule has 130 valence electrons. The summed E-state index contributed by atoms with van der Waals surface area (Å²) in [5.41, 5.74) is -0.832. The minimum atomic E-state index is -4.48. The van der Waals surface area contributed by atoms with Crippen molar-refractivity contribution in [1.29, 1.82) is 0 Å². The molecule has 0 spiro atoms. The molecule has 2 aliphatic rings. The third kappa shape index (κ3) is 3.88. The third-order valence-electron chi connectivity index (χ3n) is 4.44. The molecule has 2 fully saturated rings. The molecular weight excluding hydrogens is 321 g/mol. The lowest BCUT2D eigenvalue weighted by Gasteiger charge is -2.32. The van der Waals surface area contributed by atoms with Crippen molar-refractivity contribution in [3.05, 3.63) is 35.4 Å². The van der Waals surface area contributed by atoms with Crippen LogP contribution in [0.2, 0.25) is 0 Å². The van der Waals surface area contributed by atoms with Gasteiger partial charge in [0.2, 0.25) is 5.91 Å². The van der Waals surface area contributed by atoms with Crippen LogP contribution in [0.5, 0.6) is 0 Å². The molecule has 0 radical (unpaired) electrons. The highest BCUT2D eigenvalue weighted by molar-refractivity contribution is 5.95. The van der Waals surface area contributed by atoms with Crippen LogP contribution in [0.4, 0.5) is 13.2 Å². The summed E-state index contributed by atoms with van der Waals surface area (Å²) >= 11 is 0. The zero-order valence-corrected chi connectivity index (χ0v) is 13.1. The second-order valence-electron chi connectivity index (χ2n) is 6.45. The number of amides is 2. The molecule has 1 saturated carbocycles. The quantitative estimate of drug-likeness (QED) is 0.920. The molecule has 1 unspecified atom stereocenters. The molecule has 4 nitrogen and oxygen atoms in total. The number of carbonyl (C=O) groups excluding carboxylic acids is 2. The number of halogens is 3. The molecule has 1 saturated heterocycles. The molecule has 1 aliphatic carbocycles. The van der Waals surface area contributed by atoms with Gasteiger partial charge in [-0.15, -0.1) is 0 Å². The van der Waals surface area contributed by atoms with Crippen LogP contribution in [-0.2, 0) is 11.0 Å². The van der Waals surface area contributed by atoms with Crippen LogP contribution in [0.25, 0.3) is 0 Å². The fraction of sp³-hybridized carbons (Fsp3) is 0.529. The van der Waals surface area contributed by atoms with Crippen molar-refractivity contribution in [2.75, 3.05) is 13.1 Å². The summed E-state index contributed by atoms with van der Waals surface area (Å²) in [5.74, 6) is -0.793. The van der Waals surface area contributed by atoms with Gasteiger partial charge in [-0.25, -0.2) is 0 Å². The lowest BCUT2D eigenvalue weighted by Crippen LogP contribution is -2.45. The molecule has 7 heteroatoms. The molecule has 1 N–H and O–H groups in total. The van der Waals surface area contributed by atoms with Gasteiger partial charge in [-0.1, -0.05) is 6.07 Å². The van der Waals surface area contributed by atoms with E-state index in [2.05, 4.69) is 5.32 Å². The Kier molecular flexibility index (Phi) is 4.51.